The molecule has 0 amide bonds. The molecular weight excluding hydrogens is 457 g/mol. The van der Waals surface area contributed by atoms with Crippen molar-refractivity contribution >= 4 is 29.0 Å². The molecule has 1 saturated heterocycles. The maximum absolute atomic E-state index is 14.8. The van der Waals surface area contributed by atoms with Gasteiger partial charge in [0.05, 0.1) is 39.9 Å². The zero-order valence-electron chi connectivity index (χ0n) is 19.5. The van der Waals surface area contributed by atoms with Crippen LogP contribution in [0.2, 0.25) is 0 Å². The lowest BCUT2D eigenvalue weighted by Crippen LogP contribution is -2.40. The summed E-state index contributed by atoms with van der Waals surface area (Å²) in [5.41, 5.74) is 10.8. The molecule has 3 aromatic heterocycles. The molecule has 0 spiro atoms. The average Bonchev–Trinajstić information content (AvgIpc) is 3.44. The molecule has 4 heterocycles. The molecule has 1 aliphatic heterocycles. The summed E-state index contributed by atoms with van der Waals surface area (Å²) in [5.74, 6) is 6.08. The number of rotatable bonds is 3. The molecule has 4 aromatic rings. The van der Waals surface area contributed by atoms with Gasteiger partial charge in [-0.25, -0.2) is 14.4 Å². The molecule has 8 nitrogen and oxygen atoms in total. The lowest BCUT2D eigenvalue weighted by Gasteiger charge is -2.32. The van der Waals surface area contributed by atoms with Crippen LogP contribution in [0.4, 0.5) is 10.2 Å². The van der Waals surface area contributed by atoms with Crippen LogP contribution in [0.15, 0.2) is 29.0 Å². The molecule has 1 fully saturated rings. The first-order chi connectivity index (χ1) is 17.5. The second-order valence-corrected chi connectivity index (χ2v) is 9.08. The number of pyridine rings is 1. The monoisotopic (exact) mass is 479 g/mol. The highest BCUT2D eigenvalue weighted by atomic mass is 19.1. The van der Waals surface area contributed by atoms with E-state index in [9.17, 15) is 9.65 Å². The number of nitrogens with zero attached hydrogens (tertiary/aromatic N) is 5. The zero-order valence-corrected chi connectivity index (χ0v) is 19.5. The van der Waals surface area contributed by atoms with Gasteiger partial charge in [0.15, 0.2) is 11.2 Å². The van der Waals surface area contributed by atoms with Gasteiger partial charge in [0.1, 0.15) is 17.4 Å². The van der Waals surface area contributed by atoms with Gasteiger partial charge in [-0.1, -0.05) is 23.1 Å². The van der Waals surface area contributed by atoms with E-state index in [-0.39, 0.29) is 11.6 Å². The van der Waals surface area contributed by atoms with E-state index in [0.29, 0.717) is 22.2 Å². The maximum atomic E-state index is 14.8. The number of aromatic amines is 1. The van der Waals surface area contributed by atoms with E-state index in [0.717, 1.165) is 53.7 Å². The number of fused-ring (bicyclic) bond motifs is 2. The number of nitrogens with two attached hydrogens (primary N) is 1. The predicted octanol–water partition coefficient (Wildman–Crippen LogP) is 2.22. The molecule has 178 valence electrons. The summed E-state index contributed by atoms with van der Waals surface area (Å²) in [6.45, 7) is 3.38. The summed E-state index contributed by atoms with van der Waals surface area (Å²) in [7, 11) is 0. The Morgan fingerprint density at radius 2 is 2.14 bits per heavy atom. The van der Waals surface area contributed by atoms with E-state index in [1.165, 1.54) is 12.1 Å². The highest BCUT2D eigenvalue weighted by Crippen LogP contribution is 2.38. The number of halogens is 1. The third-order valence-electron chi connectivity index (χ3n) is 6.81. The summed E-state index contributed by atoms with van der Waals surface area (Å²) in [5, 5.41) is 14.1. The molecule has 0 bridgehead atoms. The number of nitriles is 1. The fraction of sp³-hybridized carbons (Fsp3) is 0.259. The Kier molecular flexibility index (Phi) is 5.28. The summed E-state index contributed by atoms with van der Waals surface area (Å²) in [6.07, 6.45) is 7.04. The Bertz CT molecular complexity index is 1730. The highest BCUT2D eigenvalue weighted by Gasteiger charge is 2.27. The Morgan fingerprint density at radius 3 is 2.92 bits per heavy atom. The zero-order chi connectivity index (χ0) is 24.8. The molecule has 0 saturated carbocycles. The Morgan fingerprint density at radius 1 is 1.31 bits per heavy atom. The van der Waals surface area contributed by atoms with Gasteiger partial charge in [0.25, 0.3) is 0 Å². The van der Waals surface area contributed by atoms with Crippen LogP contribution in [0.3, 0.4) is 0 Å². The maximum Gasteiger partial charge on any atom is 0.165 e. The molecule has 2 aliphatic rings. The highest BCUT2D eigenvalue weighted by molar-refractivity contribution is 5.95. The largest absolute Gasteiger partial charge is 0.356 e. The molecule has 1 atom stereocenters. The number of imidazole rings is 1. The van der Waals surface area contributed by atoms with Gasteiger partial charge >= 0.3 is 0 Å². The van der Waals surface area contributed by atoms with Crippen LogP contribution < -0.4 is 21.3 Å². The second kappa shape index (κ2) is 8.63. The van der Waals surface area contributed by atoms with Gasteiger partial charge in [0, 0.05) is 36.3 Å². The lowest BCUT2D eigenvalue weighted by molar-refractivity contribution is 0.389. The fourth-order valence-electron chi connectivity index (χ4n) is 4.85. The van der Waals surface area contributed by atoms with Gasteiger partial charge in [-0.2, -0.15) is 5.26 Å². The smallest absolute Gasteiger partial charge is 0.165 e. The molecule has 36 heavy (non-hydrogen) atoms. The van der Waals surface area contributed by atoms with Crippen LogP contribution in [0, 0.1) is 35.9 Å². The number of H-pyrrole nitrogens is 1. The number of benzene rings is 1. The SMILES string of the molecule is Cc1noc2c1=CC#CC(c1c(-c3ccc(C#N)c(F)c3)nc(N3CCC(N)CC3)c3[nH]cnc13)C=2. The van der Waals surface area contributed by atoms with E-state index in [1.807, 2.05) is 19.1 Å². The van der Waals surface area contributed by atoms with E-state index in [1.54, 1.807) is 18.5 Å². The fourth-order valence-corrected chi connectivity index (χ4v) is 4.85. The van der Waals surface area contributed by atoms with Gasteiger partial charge in [0.2, 0.25) is 0 Å². The van der Waals surface area contributed by atoms with E-state index in [2.05, 4.69) is 31.9 Å². The van der Waals surface area contributed by atoms with Crippen LogP contribution in [0.25, 0.3) is 34.4 Å². The van der Waals surface area contributed by atoms with Crippen molar-refractivity contribution in [2.45, 2.75) is 31.7 Å². The summed E-state index contributed by atoms with van der Waals surface area (Å²) in [6, 6.07) is 6.57. The van der Waals surface area contributed by atoms with Gasteiger partial charge < -0.3 is 20.1 Å². The lowest BCUT2D eigenvalue weighted by atomic mass is 9.92. The van der Waals surface area contributed by atoms with Gasteiger partial charge in [-0.15, -0.1) is 0 Å². The molecule has 1 unspecified atom stereocenters. The van der Waals surface area contributed by atoms with Crippen molar-refractivity contribution in [3.05, 3.63) is 57.8 Å². The molecular formula is C27H22FN7O. The number of hydrogen-bond donors (Lipinski definition) is 2. The minimum atomic E-state index is -0.604. The van der Waals surface area contributed by atoms with Crippen molar-refractivity contribution in [3.8, 4) is 29.2 Å². The number of nitrogens with one attached hydrogen (secondary N) is 1. The van der Waals surface area contributed by atoms with Crippen molar-refractivity contribution < 1.29 is 8.91 Å². The van der Waals surface area contributed by atoms with Crippen LogP contribution >= 0.6 is 0 Å². The third-order valence-corrected chi connectivity index (χ3v) is 6.81. The predicted molar refractivity (Wildman–Crippen MR) is 133 cm³/mol. The summed E-state index contributed by atoms with van der Waals surface area (Å²) >= 11 is 0. The Balaban J connectivity index is 1.62. The number of aryl methyl sites for hydroxylation is 1. The third kappa shape index (κ3) is 3.62. The molecule has 1 aliphatic carbocycles. The second-order valence-electron chi connectivity index (χ2n) is 9.08. The van der Waals surface area contributed by atoms with E-state index in [4.69, 9.17) is 15.2 Å². The quantitative estimate of drug-likeness (QED) is 0.432. The minimum Gasteiger partial charge on any atom is -0.356 e. The minimum absolute atomic E-state index is 0.0245. The summed E-state index contributed by atoms with van der Waals surface area (Å²) in [4.78, 5) is 15.2. The molecule has 3 N–H and O–H groups in total. The Hall–Kier alpha value is -4.47. The van der Waals surface area contributed by atoms with Gasteiger partial charge in [-0.05, 0) is 38.0 Å². The first kappa shape index (κ1) is 22.0. The number of hydrogen-bond acceptors (Lipinski definition) is 7. The normalized spacial score (nSPS) is 17.4. The first-order valence-corrected chi connectivity index (χ1v) is 11.8. The Labute approximate surface area is 205 Å². The van der Waals surface area contributed by atoms with Crippen LogP contribution in [0.5, 0.6) is 0 Å². The van der Waals surface area contributed by atoms with Crippen molar-refractivity contribution in [3.63, 3.8) is 0 Å². The van der Waals surface area contributed by atoms with Crippen LogP contribution in [-0.2, 0) is 0 Å². The van der Waals surface area contributed by atoms with E-state index >= 15 is 0 Å². The molecule has 6 rings (SSSR count). The number of aromatic nitrogens is 4. The van der Waals surface area contributed by atoms with Crippen molar-refractivity contribution in [1.82, 2.24) is 20.1 Å². The van der Waals surface area contributed by atoms with Crippen molar-refractivity contribution in [2.24, 2.45) is 5.73 Å². The average molecular weight is 480 g/mol. The van der Waals surface area contributed by atoms with Gasteiger partial charge in [-0.3, -0.25) is 0 Å². The number of piperidine rings is 1. The van der Waals surface area contributed by atoms with Crippen molar-refractivity contribution in [2.75, 3.05) is 18.0 Å². The first-order valence-electron chi connectivity index (χ1n) is 11.8. The molecule has 9 heteroatoms. The molecule has 1 aromatic carbocycles. The molecule has 0 radical (unpaired) electrons. The standard InChI is InChI=1S/C27H22FN7O/c1-15-20-4-2-3-16(12-22(20)36-34-15)23-24(17-5-6-18(13-29)21(28)11-17)33-27(26-25(23)31-14-32-26)35-9-7-19(30)8-10-35/h4-6,11-12,14,16,19H,7-10,30H2,1H3,(H,31,32). The topological polar surface area (TPSA) is 121 Å². The van der Waals surface area contributed by atoms with Crippen molar-refractivity contribution in [1.29, 1.82) is 5.26 Å². The van der Waals surface area contributed by atoms with Crippen LogP contribution in [0.1, 0.15) is 35.6 Å². The summed E-state index contributed by atoms with van der Waals surface area (Å²) < 4.78 is 20.3. The van der Waals surface area contributed by atoms with E-state index < -0.39 is 11.7 Å². The van der Waals surface area contributed by atoms with Crippen LogP contribution in [-0.4, -0.2) is 39.2 Å². The number of anilines is 1.